The molecule has 20 heavy (non-hydrogen) atoms. The summed E-state index contributed by atoms with van der Waals surface area (Å²) >= 11 is 0. The lowest BCUT2D eigenvalue weighted by Crippen LogP contribution is -2.43. The third-order valence-corrected chi connectivity index (χ3v) is 4.27. The van der Waals surface area contributed by atoms with E-state index in [1.54, 1.807) is 6.07 Å². The van der Waals surface area contributed by atoms with Crippen LogP contribution in [0.3, 0.4) is 0 Å². The Balaban J connectivity index is 2.00. The Hall–Kier alpha value is -1.49. The van der Waals surface area contributed by atoms with Crippen molar-refractivity contribution in [3.63, 3.8) is 0 Å². The molecule has 1 aliphatic carbocycles. The van der Waals surface area contributed by atoms with Gasteiger partial charge in [0, 0.05) is 18.7 Å². The summed E-state index contributed by atoms with van der Waals surface area (Å²) in [7, 11) is 0. The molecule has 0 bridgehead atoms. The molecular formula is C15H21FN2O2. The van der Waals surface area contributed by atoms with Crippen molar-refractivity contribution in [3.8, 4) is 0 Å². The van der Waals surface area contributed by atoms with Gasteiger partial charge in [-0.2, -0.15) is 4.39 Å². The zero-order valence-corrected chi connectivity index (χ0v) is 12.0. The summed E-state index contributed by atoms with van der Waals surface area (Å²) in [4.78, 5) is 9.88. The first-order valence-corrected chi connectivity index (χ1v) is 7.06. The maximum atomic E-state index is 13.5. The Bertz CT molecular complexity index is 503. The zero-order valence-electron chi connectivity index (χ0n) is 12.0. The fraction of sp³-hybridized carbons (Fsp3) is 0.600. The summed E-state index contributed by atoms with van der Waals surface area (Å²) in [6.07, 6.45) is 4.80. The van der Waals surface area contributed by atoms with Gasteiger partial charge >= 0.3 is 5.69 Å². The van der Waals surface area contributed by atoms with Gasteiger partial charge in [0.2, 0.25) is 5.82 Å². The lowest BCUT2D eigenvalue weighted by Gasteiger charge is -2.39. The fourth-order valence-corrected chi connectivity index (χ4v) is 2.92. The second-order valence-corrected chi connectivity index (χ2v) is 6.21. The molecule has 0 aromatic heterocycles. The maximum absolute atomic E-state index is 13.5. The molecule has 1 aliphatic rings. The van der Waals surface area contributed by atoms with Gasteiger partial charge in [0.1, 0.15) is 0 Å². The standard InChI is InChI=1S/C15H21FN2O2/c1-15(2)8-4-3-5-14(15)17-10-11-6-7-13(18(19)20)12(16)9-11/h6-7,9,14,17H,3-5,8,10H2,1-2H3. The highest BCUT2D eigenvalue weighted by atomic mass is 19.1. The van der Waals surface area contributed by atoms with Crippen LogP contribution < -0.4 is 5.32 Å². The number of rotatable bonds is 4. The van der Waals surface area contributed by atoms with E-state index in [-0.39, 0.29) is 5.41 Å². The van der Waals surface area contributed by atoms with E-state index in [1.165, 1.54) is 31.4 Å². The van der Waals surface area contributed by atoms with Crippen molar-refractivity contribution < 1.29 is 9.31 Å². The van der Waals surface area contributed by atoms with Crippen LogP contribution in [0.5, 0.6) is 0 Å². The molecular weight excluding hydrogens is 259 g/mol. The van der Waals surface area contributed by atoms with Crippen LogP contribution >= 0.6 is 0 Å². The smallest absolute Gasteiger partial charge is 0.304 e. The highest BCUT2D eigenvalue weighted by Crippen LogP contribution is 2.35. The number of nitro groups is 1. The molecule has 0 heterocycles. The van der Waals surface area contributed by atoms with Gasteiger partial charge in [0.05, 0.1) is 4.92 Å². The molecule has 0 saturated heterocycles. The average Bonchev–Trinajstić information content (AvgIpc) is 2.36. The number of nitrogens with zero attached hydrogens (tertiary/aromatic N) is 1. The molecule has 5 heteroatoms. The number of hydrogen-bond donors (Lipinski definition) is 1. The lowest BCUT2D eigenvalue weighted by atomic mass is 9.73. The van der Waals surface area contributed by atoms with Crippen LogP contribution in [0.2, 0.25) is 0 Å². The first-order valence-electron chi connectivity index (χ1n) is 7.06. The van der Waals surface area contributed by atoms with Gasteiger partial charge in [-0.25, -0.2) is 0 Å². The molecule has 1 aromatic carbocycles. The summed E-state index contributed by atoms with van der Waals surface area (Å²) in [5, 5.41) is 14.0. The fourth-order valence-electron chi connectivity index (χ4n) is 2.92. The predicted molar refractivity (Wildman–Crippen MR) is 75.9 cm³/mol. The van der Waals surface area contributed by atoms with Gasteiger partial charge in [0.25, 0.3) is 0 Å². The van der Waals surface area contributed by atoms with Gasteiger partial charge in [-0.3, -0.25) is 10.1 Å². The summed E-state index contributed by atoms with van der Waals surface area (Å²) in [6, 6.07) is 4.51. The summed E-state index contributed by atoms with van der Waals surface area (Å²) in [5.41, 5.74) is 0.526. The number of nitrogens with one attached hydrogen (secondary N) is 1. The predicted octanol–water partition coefficient (Wildman–Crippen LogP) is 3.79. The number of nitro benzene ring substituents is 1. The molecule has 0 aliphatic heterocycles. The Morgan fingerprint density at radius 3 is 2.80 bits per heavy atom. The maximum Gasteiger partial charge on any atom is 0.304 e. The first-order chi connectivity index (χ1) is 9.40. The topological polar surface area (TPSA) is 55.2 Å². The number of benzene rings is 1. The van der Waals surface area contributed by atoms with Crippen molar-refractivity contribution in [2.75, 3.05) is 0 Å². The highest BCUT2D eigenvalue weighted by molar-refractivity contribution is 5.34. The minimum Gasteiger partial charge on any atom is -0.309 e. The van der Waals surface area contributed by atoms with Gasteiger partial charge in [-0.1, -0.05) is 32.8 Å². The van der Waals surface area contributed by atoms with Crippen LogP contribution in [-0.4, -0.2) is 11.0 Å². The molecule has 1 fully saturated rings. The van der Waals surface area contributed by atoms with Gasteiger partial charge in [0.15, 0.2) is 0 Å². The molecule has 0 spiro atoms. The van der Waals surface area contributed by atoms with Gasteiger partial charge in [-0.15, -0.1) is 0 Å². The van der Waals surface area contributed by atoms with Crippen molar-refractivity contribution in [1.29, 1.82) is 0 Å². The van der Waals surface area contributed by atoms with Gasteiger partial charge < -0.3 is 5.32 Å². The van der Waals surface area contributed by atoms with E-state index in [2.05, 4.69) is 19.2 Å². The van der Waals surface area contributed by atoms with E-state index in [1.807, 2.05) is 0 Å². The lowest BCUT2D eigenvalue weighted by molar-refractivity contribution is -0.387. The van der Waals surface area contributed by atoms with E-state index in [0.29, 0.717) is 12.6 Å². The molecule has 1 saturated carbocycles. The third kappa shape index (κ3) is 3.33. The third-order valence-electron chi connectivity index (χ3n) is 4.27. The van der Waals surface area contributed by atoms with Crippen LogP contribution in [0.1, 0.15) is 45.1 Å². The van der Waals surface area contributed by atoms with Crippen LogP contribution in [-0.2, 0) is 6.54 Å². The van der Waals surface area contributed by atoms with E-state index >= 15 is 0 Å². The SMILES string of the molecule is CC1(C)CCCCC1NCc1ccc([N+](=O)[O-])c(F)c1. The Morgan fingerprint density at radius 1 is 1.45 bits per heavy atom. The molecule has 110 valence electrons. The monoisotopic (exact) mass is 280 g/mol. The Labute approximate surface area is 118 Å². The molecule has 0 radical (unpaired) electrons. The number of halogens is 1. The van der Waals surface area contributed by atoms with Gasteiger partial charge in [-0.05, 0) is 29.9 Å². The van der Waals surface area contributed by atoms with Crippen molar-refractivity contribution in [1.82, 2.24) is 5.32 Å². The van der Waals surface area contributed by atoms with Crippen LogP contribution in [0.4, 0.5) is 10.1 Å². The number of hydrogen-bond acceptors (Lipinski definition) is 3. The Morgan fingerprint density at radius 2 is 2.20 bits per heavy atom. The Kier molecular flexibility index (Phi) is 4.38. The van der Waals surface area contributed by atoms with Crippen LogP contribution in [0, 0.1) is 21.3 Å². The molecule has 2 rings (SSSR count). The molecule has 4 nitrogen and oxygen atoms in total. The summed E-state index contributed by atoms with van der Waals surface area (Å²) in [6.45, 7) is 5.05. The second-order valence-electron chi connectivity index (χ2n) is 6.21. The summed E-state index contributed by atoms with van der Waals surface area (Å²) in [5.74, 6) is -0.766. The zero-order chi connectivity index (χ0) is 14.8. The average molecular weight is 280 g/mol. The second kappa shape index (κ2) is 5.87. The highest BCUT2D eigenvalue weighted by Gasteiger charge is 2.31. The van der Waals surface area contributed by atoms with Crippen molar-refractivity contribution in [2.45, 2.75) is 52.1 Å². The summed E-state index contributed by atoms with van der Waals surface area (Å²) < 4.78 is 13.5. The van der Waals surface area contributed by atoms with E-state index in [0.717, 1.165) is 12.0 Å². The van der Waals surface area contributed by atoms with Crippen molar-refractivity contribution >= 4 is 5.69 Å². The van der Waals surface area contributed by atoms with Crippen molar-refractivity contribution in [3.05, 3.63) is 39.7 Å². The molecule has 0 amide bonds. The first kappa shape index (κ1) is 14.9. The molecule has 1 N–H and O–H groups in total. The molecule has 1 unspecified atom stereocenters. The minimum absolute atomic E-state index is 0.248. The van der Waals surface area contributed by atoms with E-state index in [4.69, 9.17) is 0 Å². The normalized spacial score (nSPS) is 21.6. The van der Waals surface area contributed by atoms with Crippen LogP contribution in [0.25, 0.3) is 0 Å². The minimum atomic E-state index is -0.766. The molecule has 1 atom stereocenters. The van der Waals surface area contributed by atoms with E-state index < -0.39 is 16.4 Å². The van der Waals surface area contributed by atoms with E-state index in [9.17, 15) is 14.5 Å². The largest absolute Gasteiger partial charge is 0.309 e. The van der Waals surface area contributed by atoms with Crippen molar-refractivity contribution in [2.24, 2.45) is 5.41 Å². The molecule has 1 aromatic rings. The quantitative estimate of drug-likeness (QED) is 0.674. The van der Waals surface area contributed by atoms with Crippen LogP contribution in [0.15, 0.2) is 18.2 Å².